The fraction of sp³-hybridized carbons (Fsp3) is 0.150. The van der Waals surface area contributed by atoms with E-state index in [1.54, 1.807) is 42.9 Å². The number of nitrogens with one attached hydrogen (secondary N) is 1. The Morgan fingerprint density at radius 1 is 1.12 bits per heavy atom. The number of nitrogens with zero attached hydrogens (tertiary/aromatic N) is 2. The van der Waals surface area contributed by atoms with Crippen molar-refractivity contribution in [2.45, 2.75) is 19.4 Å². The zero-order valence-electron chi connectivity index (χ0n) is 13.8. The second kappa shape index (κ2) is 7.66. The number of amides is 1. The Balaban J connectivity index is 1.71. The van der Waals surface area contributed by atoms with Gasteiger partial charge in [0.25, 0.3) is 5.91 Å². The van der Waals surface area contributed by atoms with Crippen molar-refractivity contribution in [1.82, 2.24) is 15.3 Å². The molecular weight excluding hydrogens is 317 g/mol. The van der Waals surface area contributed by atoms with Crippen molar-refractivity contribution in [2.75, 3.05) is 0 Å². The topological polar surface area (TPSA) is 54.9 Å². The Kier molecular flexibility index (Phi) is 5.14. The van der Waals surface area contributed by atoms with E-state index in [0.717, 1.165) is 16.8 Å². The third kappa shape index (κ3) is 4.47. The smallest absolute Gasteiger partial charge is 0.251 e. The van der Waals surface area contributed by atoms with Crippen molar-refractivity contribution < 1.29 is 9.18 Å². The maximum Gasteiger partial charge on any atom is 0.251 e. The van der Waals surface area contributed by atoms with Gasteiger partial charge < -0.3 is 5.32 Å². The maximum absolute atomic E-state index is 13.4. The molecule has 4 nitrogen and oxygen atoms in total. The molecule has 1 heterocycles. The lowest BCUT2D eigenvalue weighted by Gasteiger charge is -2.14. The van der Waals surface area contributed by atoms with Gasteiger partial charge in [-0.15, -0.1) is 0 Å². The number of benzene rings is 2. The molecule has 0 aliphatic rings. The number of rotatable bonds is 5. The van der Waals surface area contributed by atoms with E-state index in [9.17, 15) is 9.18 Å². The predicted octanol–water partition coefficient (Wildman–Crippen LogP) is 3.64. The molecule has 126 valence electrons. The largest absolute Gasteiger partial charge is 0.349 e. The summed E-state index contributed by atoms with van der Waals surface area (Å²) in [5.41, 5.74) is 2.90. The van der Waals surface area contributed by atoms with Crippen LogP contribution in [0, 0.1) is 5.82 Å². The third-order valence-electron chi connectivity index (χ3n) is 3.79. The van der Waals surface area contributed by atoms with Crippen LogP contribution in [0.1, 0.15) is 23.0 Å². The molecule has 3 rings (SSSR count). The lowest BCUT2D eigenvalue weighted by atomic mass is 10.0. The van der Waals surface area contributed by atoms with Gasteiger partial charge in [0.05, 0.1) is 5.69 Å². The van der Waals surface area contributed by atoms with Crippen LogP contribution in [0.15, 0.2) is 67.1 Å². The molecular formula is C20H18FN3O. The van der Waals surface area contributed by atoms with E-state index in [1.165, 1.54) is 12.1 Å². The van der Waals surface area contributed by atoms with E-state index < -0.39 is 0 Å². The van der Waals surface area contributed by atoms with Crippen molar-refractivity contribution >= 4 is 5.91 Å². The summed E-state index contributed by atoms with van der Waals surface area (Å²) in [6.07, 6.45) is 5.54. The molecule has 0 aliphatic heterocycles. The minimum absolute atomic E-state index is 0.0815. The summed E-state index contributed by atoms with van der Waals surface area (Å²) in [6.45, 7) is 1.92. The summed E-state index contributed by atoms with van der Waals surface area (Å²) in [5.74, 6) is -0.473. The van der Waals surface area contributed by atoms with Crippen LogP contribution < -0.4 is 5.32 Å². The standard InChI is InChI=1S/C20H18FN3O/c1-14(10-19-13-22-8-9-23-19)24-20(25)17-6-2-4-15(11-17)16-5-3-7-18(21)12-16/h2-9,11-14H,10H2,1H3,(H,24,25)/t14-/m1/s1. The van der Waals surface area contributed by atoms with Crippen molar-refractivity contribution in [3.05, 3.63) is 84.2 Å². The first-order valence-corrected chi connectivity index (χ1v) is 8.03. The van der Waals surface area contributed by atoms with Crippen LogP contribution in [0.3, 0.4) is 0 Å². The SMILES string of the molecule is C[C@H](Cc1cnccn1)NC(=O)c1cccc(-c2cccc(F)c2)c1. The van der Waals surface area contributed by atoms with Gasteiger partial charge in [-0.1, -0.05) is 24.3 Å². The molecule has 0 saturated heterocycles. The van der Waals surface area contributed by atoms with Crippen LogP contribution in [0.4, 0.5) is 4.39 Å². The van der Waals surface area contributed by atoms with E-state index >= 15 is 0 Å². The van der Waals surface area contributed by atoms with Crippen molar-refractivity contribution in [3.63, 3.8) is 0 Å². The summed E-state index contributed by atoms with van der Waals surface area (Å²) >= 11 is 0. The van der Waals surface area contributed by atoms with Gasteiger partial charge in [-0.3, -0.25) is 14.8 Å². The van der Waals surface area contributed by atoms with Gasteiger partial charge in [-0.25, -0.2) is 4.39 Å². The second-order valence-electron chi connectivity index (χ2n) is 5.87. The molecule has 1 aromatic heterocycles. The van der Waals surface area contributed by atoms with Crippen LogP contribution in [0.25, 0.3) is 11.1 Å². The van der Waals surface area contributed by atoms with Crippen LogP contribution in [-0.2, 0) is 6.42 Å². The summed E-state index contributed by atoms with van der Waals surface area (Å²) in [5, 5.41) is 2.95. The molecule has 1 N–H and O–H groups in total. The normalized spacial score (nSPS) is 11.8. The summed E-state index contributed by atoms with van der Waals surface area (Å²) in [7, 11) is 0. The molecule has 0 saturated carbocycles. The highest BCUT2D eigenvalue weighted by Crippen LogP contribution is 2.21. The Hall–Kier alpha value is -3.08. The van der Waals surface area contributed by atoms with Gasteiger partial charge in [0.15, 0.2) is 0 Å². The summed E-state index contributed by atoms with van der Waals surface area (Å²) < 4.78 is 13.4. The molecule has 3 aromatic rings. The fourth-order valence-corrected chi connectivity index (χ4v) is 2.62. The zero-order chi connectivity index (χ0) is 17.6. The average Bonchev–Trinajstić information content (AvgIpc) is 2.62. The van der Waals surface area contributed by atoms with Gasteiger partial charge >= 0.3 is 0 Å². The van der Waals surface area contributed by atoms with E-state index in [1.807, 2.05) is 19.1 Å². The predicted molar refractivity (Wildman–Crippen MR) is 94.5 cm³/mol. The van der Waals surface area contributed by atoms with E-state index in [0.29, 0.717) is 12.0 Å². The molecule has 0 bridgehead atoms. The Morgan fingerprint density at radius 2 is 1.88 bits per heavy atom. The number of carbonyl (C=O) groups excluding carboxylic acids is 1. The van der Waals surface area contributed by atoms with Crippen LogP contribution in [-0.4, -0.2) is 21.9 Å². The number of hydrogen-bond donors (Lipinski definition) is 1. The molecule has 0 unspecified atom stereocenters. The Bertz CT molecular complexity index is 868. The first kappa shape index (κ1) is 16.8. The van der Waals surface area contributed by atoms with Crippen LogP contribution in [0.2, 0.25) is 0 Å². The van der Waals surface area contributed by atoms with Gasteiger partial charge in [0.1, 0.15) is 5.82 Å². The first-order valence-electron chi connectivity index (χ1n) is 8.03. The lowest BCUT2D eigenvalue weighted by Crippen LogP contribution is -2.34. The van der Waals surface area contributed by atoms with E-state index in [2.05, 4.69) is 15.3 Å². The molecule has 0 radical (unpaired) electrons. The highest BCUT2D eigenvalue weighted by molar-refractivity contribution is 5.95. The van der Waals surface area contributed by atoms with Gasteiger partial charge in [0, 0.05) is 36.6 Å². The van der Waals surface area contributed by atoms with E-state index in [4.69, 9.17) is 0 Å². The van der Waals surface area contributed by atoms with Crippen LogP contribution >= 0.6 is 0 Å². The molecule has 25 heavy (non-hydrogen) atoms. The highest BCUT2D eigenvalue weighted by atomic mass is 19.1. The number of halogens is 1. The second-order valence-corrected chi connectivity index (χ2v) is 5.87. The van der Waals surface area contributed by atoms with Gasteiger partial charge in [-0.05, 0) is 42.3 Å². The minimum Gasteiger partial charge on any atom is -0.349 e. The molecule has 1 atom stereocenters. The summed E-state index contributed by atoms with van der Waals surface area (Å²) in [4.78, 5) is 20.7. The summed E-state index contributed by atoms with van der Waals surface area (Å²) in [6, 6.07) is 13.4. The minimum atomic E-state index is -0.301. The monoisotopic (exact) mass is 335 g/mol. The van der Waals surface area contributed by atoms with Crippen molar-refractivity contribution in [1.29, 1.82) is 0 Å². The molecule has 0 spiro atoms. The molecule has 2 aromatic carbocycles. The van der Waals surface area contributed by atoms with Gasteiger partial charge in [0.2, 0.25) is 0 Å². The lowest BCUT2D eigenvalue weighted by molar-refractivity contribution is 0.0940. The Morgan fingerprint density at radius 3 is 2.60 bits per heavy atom. The van der Waals surface area contributed by atoms with Crippen molar-refractivity contribution in [2.24, 2.45) is 0 Å². The molecule has 0 aliphatic carbocycles. The fourth-order valence-electron chi connectivity index (χ4n) is 2.62. The number of carbonyl (C=O) groups is 1. The van der Waals surface area contributed by atoms with Gasteiger partial charge in [-0.2, -0.15) is 0 Å². The third-order valence-corrected chi connectivity index (χ3v) is 3.79. The number of aromatic nitrogens is 2. The zero-order valence-corrected chi connectivity index (χ0v) is 13.8. The molecule has 1 amide bonds. The first-order chi connectivity index (χ1) is 12.1. The average molecular weight is 335 g/mol. The quantitative estimate of drug-likeness (QED) is 0.774. The number of hydrogen-bond acceptors (Lipinski definition) is 3. The van der Waals surface area contributed by atoms with E-state index in [-0.39, 0.29) is 17.8 Å². The maximum atomic E-state index is 13.4. The Labute approximate surface area is 145 Å². The highest BCUT2D eigenvalue weighted by Gasteiger charge is 2.12. The molecule has 0 fully saturated rings. The van der Waals surface area contributed by atoms with Crippen molar-refractivity contribution in [3.8, 4) is 11.1 Å². The molecule has 5 heteroatoms. The van der Waals surface area contributed by atoms with Crippen LogP contribution in [0.5, 0.6) is 0 Å².